The number of nitrogens with one attached hydrogen (secondary N) is 1. The number of ether oxygens (including phenoxy) is 4. The Kier molecular flexibility index (Phi) is 6.03. The van der Waals surface area contributed by atoms with Crippen LogP contribution < -0.4 is 5.32 Å². The lowest BCUT2D eigenvalue weighted by molar-refractivity contribution is -0.146. The maximum Gasteiger partial charge on any atom is 0.411 e. The molecular formula is C19H20ClNO6. The number of amides is 1. The van der Waals surface area contributed by atoms with E-state index in [9.17, 15) is 9.59 Å². The molecule has 1 aliphatic carbocycles. The fourth-order valence-electron chi connectivity index (χ4n) is 3.33. The van der Waals surface area contributed by atoms with Crippen LogP contribution in [0.5, 0.6) is 0 Å². The Bertz CT molecular complexity index is 773. The molecule has 1 N–H and O–H groups in total. The van der Waals surface area contributed by atoms with Crippen molar-refractivity contribution in [3.63, 3.8) is 0 Å². The van der Waals surface area contributed by atoms with Gasteiger partial charge in [-0.1, -0.05) is 17.7 Å². The van der Waals surface area contributed by atoms with Gasteiger partial charge in [0.05, 0.1) is 24.9 Å². The molecule has 3 atom stereocenters. The molecule has 1 aromatic carbocycles. The van der Waals surface area contributed by atoms with Crippen LogP contribution in [0.4, 0.5) is 10.5 Å². The number of allylic oxidation sites excluding steroid dienone is 1. The Morgan fingerprint density at radius 2 is 2.00 bits per heavy atom. The molecule has 1 aliphatic heterocycles. The average molecular weight is 394 g/mol. The fourth-order valence-corrected chi connectivity index (χ4v) is 3.45. The Morgan fingerprint density at radius 3 is 2.67 bits per heavy atom. The second-order valence-corrected chi connectivity index (χ2v) is 6.60. The Balaban J connectivity index is 1.62. The van der Waals surface area contributed by atoms with Gasteiger partial charge in [0.2, 0.25) is 6.29 Å². The van der Waals surface area contributed by atoms with Crippen molar-refractivity contribution in [1.29, 1.82) is 0 Å². The van der Waals surface area contributed by atoms with Crippen LogP contribution in [0.3, 0.4) is 0 Å². The van der Waals surface area contributed by atoms with Gasteiger partial charge in [-0.2, -0.15) is 0 Å². The molecule has 1 heterocycles. The van der Waals surface area contributed by atoms with E-state index in [4.69, 9.17) is 30.5 Å². The molecule has 2 aliphatic rings. The highest BCUT2D eigenvalue weighted by atomic mass is 35.5. The van der Waals surface area contributed by atoms with Crippen LogP contribution in [0.25, 0.3) is 0 Å². The van der Waals surface area contributed by atoms with E-state index in [0.717, 1.165) is 5.57 Å². The molecule has 1 amide bonds. The summed E-state index contributed by atoms with van der Waals surface area (Å²) in [5.41, 5.74) is 1.87. The fraction of sp³-hybridized carbons (Fsp3) is 0.368. The van der Waals surface area contributed by atoms with Crippen LogP contribution in [-0.4, -0.2) is 39.2 Å². The minimum Gasteiger partial charge on any atom is -0.471 e. The molecule has 7 nitrogen and oxygen atoms in total. The predicted octanol–water partition coefficient (Wildman–Crippen LogP) is 3.51. The summed E-state index contributed by atoms with van der Waals surface area (Å²) in [6, 6.07) is 6.70. The summed E-state index contributed by atoms with van der Waals surface area (Å²) < 4.78 is 21.1. The van der Waals surface area contributed by atoms with Crippen molar-refractivity contribution >= 4 is 29.4 Å². The molecule has 0 bridgehead atoms. The normalized spacial score (nSPS) is 23.4. The van der Waals surface area contributed by atoms with Crippen molar-refractivity contribution < 1.29 is 28.5 Å². The molecule has 8 heteroatoms. The number of carbonyl (C=O) groups is 2. The van der Waals surface area contributed by atoms with Gasteiger partial charge >= 0.3 is 12.1 Å². The van der Waals surface area contributed by atoms with E-state index < -0.39 is 18.4 Å². The van der Waals surface area contributed by atoms with Gasteiger partial charge in [0, 0.05) is 23.7 Å². The maximum absolute atomic E-state index is 12.0. The van der Waals surface area contributed by atoms with Crippen LogP contribution in [0, 0.1) is 11.8 Å². The summed E-state index contributed by atoms with van der Waals surface area (Å²) in [4.78, 5) is 24.0. The first-order valence-corrected chi connectivity index (χ1v) is 8.76. The second kappa shape index (κ2) is 8.45. The smallest absolute Gasteiger partial charge is 0.411 e. The number of fused-ring (bicyclic) bond motifs is 1. The first-order chi connectivity index (χ1) is 13.0. The summed E-state index contributed by atoms with van der Waals surface area (Å²) >= 11 is 5.82. The molecule has 3 rings (SSSR count). The summed E-state index contributed by atoms with van der Waals surface area (Å²) in [7, 11) is 2.86. The second-order valence-electron chi connectivity index (χ2n) is 6.16. The molecule has 0 radical (unpaired) electrons. The highest BCUT2D eigenvalue weighted by molar-refractivity contribution is 6.30. The predicted molar refractivity (Wildman–Crippen MR) is 98.1 cm³/mol. The van der Waals surface area contributed by atoms with E-state index in [0.29, 0.717) is 22.7 Å². The zero-order chi connectivity index (χ0) is 19.4. The van der Waals surface area contributed by atoms with Gasteiger partial charge in [-0.25, -0.2) is 9.59 Å². The number of hydrogen-bond donors (Lipinski definition) is 1. The molecular weight excluding hydrogens is 374 g/mol. The number of anilines is 1. The van der Waals surface area contributed by atoms with Gasteiger partial charge in [-0.05, 0) is 36.3 Å². The van der Waals surface area contributed by atoms with E-state index in [1.54, 1.807) is 24.3 Å². The van der Waals surface area contributed by atoms with E-state index in [1.165, 1.54) is 20.5 Å². The highest BCUT2D eigenvalue weighted by Crippen LogP contribution is 2.43. The molecule has 0 aromatic heterocycles. The van der Waals surface area contributed by atoms with Crippen LogP contribution in [0.1, 0.15) is 6.42 Å². The Labute approximate surface area is 161 Å². The Morgan fingerprint density at radius 1 is 1.26 bits per heavy atom. The molecule has 0 saturated carbocycles. The van der Waals surface area contributed by atoms with Crippen LogP contribution >= 0.6 is 11.6 Å². The third-order valence-corrected chi connectivity index (χ3v) is 4.88. The van der Waals surface area contributed by atoms with Crippen molar-refractivity contribution in [2.75, 3.05) is 26.1 Å². The minimum absolute atomic E-state index is 0.0677. The van der Waals surface area contributed by atoms with E-state index in [1.807, 2.05) is 6.08 Å². The SMILES string of the molecule is COC(=O)C1=CO[C@@H](OC)[C@@H]2C(COC(=O)Nc3ccc(Cl)cc3)=CC[C@H]12. The van der Waals surface area contributed by atoms with Crippen LogP contribution in [0.15, 0.2) is 47.7 Å². The summed E-state index contributed by atoms with van der Waals surface area (Å²) in [5.74, 6) is -0.790. The summed E-state index contributed by atoms with van der Waals surface area (Å²) in [6.45, 7) is 0.0677. The molecule has 27 heavy (non-hydrogen) atoms. The molecule has 0 unspecified atom stereocenters. The average Bonchev–Trinajstić information content (AvgIpc) is 3.11. The lowest BCUT2D eigenvalue weighted by Crippen LogP contribution is -2.37. The summed E-state index contributed by atoms with van der Waals surface area (Å²) in [6.07, 6.45) is 2.82. The molecule has 144 valence electrons. The monoisotopic (exact) mass is 393 g/mol. The van der Waals surface area contributed by atoms with E-state index in [-0.39, 0.29) is 18.4 Å². The van der Waals surface area contributed by atoms with Crippen molar-refractivity contribution in [2.24, 2.45) is 11.8 Å². The lowest BCUT2D eigenvalue weighted by atomic mass is 9.83. The number of hydrogen-bond acceptors (Lipinski definition) is 6. The quantitative estimate of drug-likeness (QED) is 0.608. The third kappa shape index (κ3) is 4.26. The van der Waals surface area contributed by atoms with E-state index >= 15 is 0 Å². The van der Waals surface area contributed by atoms with Gasteiger partial charge in [0.15, 0.2) is 0 Å². The van der Waals surface area contributed by atoms with Crippen LogP contribution in [-0.2, 0) is 23.7 Å². The largest absolute Gasteiger partial charge is 0.471 e. The lowest BCUT2D eigenvalue weighted by Gasteiger charge is -2.33. The molecule has 0 spiro atoms. The van der Waals surface area contributed by atoms with E-state index in [2.05, 4.69) is 5.32 Å². The number of esters is 1. The number of methoxy groups -OCH3 is 2. The van der Waals surface area contributed by atoms with Crippen molar-refractivity contribution in [3.8, 4) is 0 Å². The van der Waals surface area contributed by atoms with Gasteiger partial charge in [0.1, 0.15) is 6.61 Å². The van der Waals surface area contributed by atoms with Crippen LogP contribution in [0.2, 0.25) is 5.02 Å². The number of benzene rings is 1. The number of halogens is 1. The van der Waals surface area contributed by atoms with Crippen molar-refractivity contribution in [2.45, 2.75) is 12.7 Å². The first-order valence-electron chi connectivity index (χ1n) is 8.38. The number of carbonyl (C=O) groups excluding carboxylic acids is 2. The highest BCUT2D eigenvalue weighted by Gasteiger charge is 2.44. The zero-order valence-electron chi connectivity index (χ0n) is 14.9. The third-order valence-electron chi connectivity index (χ3n) is 4.63. The maximum atomic E-state index is 12.0. The molecule has 0 saturated heterocycles. The van der Waals surface area contributed by atoms with Gasteiger partial charge in [0.25, 0.3) is 0 Å². The number of rotatable bonds is 5. The molecule has 0 fully saturated rings. The van der Waals surface area contributed by atoms with Gasteiger partial charge in [-0.3, -0.25) is 5.32 Å². The Hall–Kier alpha value is -2.51. The van der Waals surface area contributed by atoms with Crippen molar-refractivity contribution in [1.82, 2.24) is 0 Å². The topological polar surface area (TPSA) is 83.1 Å². The standard InChI is InChI=1S/C19H20ClNO6/c1-24-17(22)15-10-26-18(25-2)16-11(3-8-14(15)16)9-27-19(23)21-13-6-4-12(20)5-7-13/h3-7,10,14,16,18H,8-9H2,1-2H3,(H,21,23)/t14-,16-,18-/m1/s1. The first kappa shape index (κ1) is 19.3. The van der Waals surface area contributed by atoms with Crippen molar-refractivity contribution in [3.05, 3.63) is 52.8 Å². The molecule has 1 aromatic rings. The van der Waals surface area contributed by atoms with Gasteiger partial charge in [-0.15, -0.1) is 0 Å². The van der Waals surface area contributed by atoms with Gasteiger partial charge < -0.3 is 18.9 Å². The minimum atomic E-state index is -0.587. The summed E-state index contributed by atoms with van der Waals surface area (Å²) in [5, 5.41) is 3.21. The zero-order valence-corrected chi connectivity index (χ0v) is 15.7.